The van der Waals surface area contributed by atoms with Crippen LogP contribution in [0.15, 0.2) is 42.7 Å². The Labute approximate surface area is 139 Å². The maximum atomic E-state index is 13.9. The van der Waals surface area contributed by atoms with Gasteiger partial charge in [0, 0.05) is 30.4 Å². The SMILES string of the molecule is NC(=O)C1CCCN(C(=O)c2cccc(-c3ccncc3F)c2)C1. The number of carbonyl (C=O) groups excluding carboxylic acids is 2. The number of rotatable bonds is 3. The smallest absolute Gasteiger partial charge is 0.253 e. The van der Waals surface area contributed by atoms with Crippen LogP contribution in [0.4, 0.5) is 4.39 Å². The number of aromatic nitrogens is 1. The quantitative estimate of drug-likeness (QED) is 0.939. The van der Waals surface area contributed by atoms with E-state index in [0.717, 1.165) is 12.6 Å². The summed E-state index contributed by atoms with van der Waals surface area (Å²) >= 11 is 0. The zero-order valence-corrected chi connectivity index (χ0v) is 13.1. The van der Waals surface area contributed by atoms with Gasteiger partial charge in [-0.3, -0.25) is 14.6 Å². The van der Waals surface area contributed by atoms with Gasteiger partial charge in [-0.05, 0) is 36.6 Å². The lowest BCUT2D eigenvalue weighted by Gasteiger charge is -2.31. The molecule has 124 valence electrons. The summed E-state index contributed by atoms with van der Waals surface area (Å²) in [7, 11) is 0. The van der Waals surface area contributed by atoms with Gasteiger partial charge in [-0.1, -0.05) is 12.1 Å². The third-order valence-electron chi connectivity index (χ3n) is 4.30. The molecule has 3 rings (SSSR count). The number of hydrogen-bond donors (Lipinski definition) is 1. The van der Waals surface area contributed by atoms with Gasteiger partial charge in [0.05, 0.1) is 12.1 Å². The molecule has 2 aromatic rings. The molecule has 24 heavy (non-hydrogen) atoms. The van der Waals surface area contributed by atoms with Crippen molar-refractivity contribution in [1.82, 2.24) is 9.88 Å². The largest absolute Gasteiger partial charge is 0.369 e. The molecule has 0 bridgehead atoms. The number of nitrogens with zero attached hydrogens (tertiary/aromatic N) is 2. The number of carbonyl (C=O) groups is 2. The van der Waals surface area contributed by atoms with Gasteiger partial charge in [-0.25, -0.2) is 4.39 Å². The molecule has 2 amide bonds. The second kappa shape index (κ2) is 6.78. The molecule has 2 N–H and O–H groups in total. The average molecular weight is 327 g/mol. The maximum Gasteiger partial charge on any atom is 0.253 e. The van der Waals surface area contributed by atoms with Gasteiger partial charge in [0.15, 0.2) is 0 Å². The van der Waals surface area contributed by atoms with E-state index in [2.05, 4.69) is 4.98 Å². The van der Waals surface area contributed by atoms with E-state index in [1.807, 2.05) is 0 Å². The van der Waals surface area contributed by atoms with E-state index in [1.54, 1.807) is 35.2 Å². The molecule has 2 heterocycles. The van der Waals surface area contributed by atoms with Crippen molar-refractivity contribution in [2.45, 2.75) is 12.8 Å². The number of likely N-dealkylation sites (tertiary alicyclic amines) is 1. The molecule has 0 aliphatic carbocycles. The van der Waals surface area contributed by atoms with Gasteiger partial charge in [0.25, 0.3) is 5.91 Å². The molecule has 0 radical (unpaired) electrons. The third kappa shape index (κ3) is 3.27. The Hall–Kier alpha value is -2.76. The Morgan fingerprint density at radius 1 is 1.29 bits per heavy atom. The van der Waals surface area contributed by atoms with Crippen molar-refractivity contribution < 1.29 is 14.0 Å². The fourth-order valence-electron chi connectivity index (χ4n) is 3.01. The fourth-order valence-corrected chi connectivity index (χ4v) is 3.01. The molecule has 1 aromatic heterocycles. The van der Waals surface area contributed by atoms with Gasteiger partial charge in [0.2, 0.25) is 5.91 Å². The summed E-state index contributed by atoms with van der Waals surface area (Å²) in [4.78, 5) is 29.4. The van der Waals surface area contributed by atoms with Crippen molar-refractivity contribution in [3.8, 4) is 11.1 Å². The van der Waals surface area contributed by atoms with Gasteiger partial charge >= 0.3 is 0 Å². The zero-order chi connectivity index (χ0) is 17.1. The molecule has 0 spiro atoms. The fraction of sp³-hybridized carbons (Fsp3) is 0.278. The molecule has 1 aromatic carbocycles. The summed E-state index contributed by atoms with van der Waals surface area (Å²) in [5, 5.41) is 0. The molecule has 6 heteroatoms. The van der Waals surface area contributed by atoms with Crippen molar-refractivity contribution in [2.24, 2.45) is 11.7 Å². The first-order valence-electron chi connectivity index (χ1n) is 7.85. The van der Waals surface area contributed by atoms with Crippen molar-refractivity contribution in [3.63, 3.8) is 0 Å². The van der Waals surface area contributed by atoms with Crippen LogP contribution in [-0.4, -0.2) is 34.8 Å². The predicted octanol–water partition coefficient (Wildman–Crippen LogP) is 2.23. The normalized spacial score (nSPS) is 17.5. The third-order valence-corrected chi connectivity index (χ3v) is 4.30. The predicted molar refractivity (Wildman–Crippen MR) is 87.5 cm³/mol. The molecule has 1 aliphatic rings. The summed E-state index contributed by atoms with van der Waals surface area (Å²) in [6.07, 6.45) is 4.11. The first-order valence-corrected chi connectivity index (χ1v) is 7.85. The number of amides is 2. The molecule has 5 nitrogen and oxygen atoms in total. The van der Waals surface area contributed by atoms with Crippen LogP contribution < -0.4 is 5.73 Å². The van der Waals surface area contributed by atoms with Crippen LogP contribution >= 0.6 is 0 Å². The molecule has 1 saturated heterocycles. The molecule has 1 unspecified atom stereocenters. The summed E-state index contributed by atoms with van der Waals surface area (Å²) in [6.45, 7) is 0.929. The molecular formula is C18H18FN3O2. The molecule has 1 aliphatic heterocycles. The summed E-state index contributed by atoms with van der Waals surface area (Å²) in [5.74, 6) is -1.28. The summed E-state index contributed by atoms with van der Waals surface area (Å²) < 4.78 is 13.9. The zero-order valence-electron chi connectivity index (χ0n) is 13.1. The minimum atomic E-state index is -0.436. The van der Waals surface area contributed by atoms with Crippen LogP contribution in [0.3, 0.4) is 0 Å². The van der Waals surface area contributed by atoms with E-state index < -0.39 is 5.82 Å². The van der Waals surface area contributed by atoms with Crippen LogP contribution in [-0.2, 0) is 4.79 Å². The van der Waals surface area contributed by atoms with E-state index in [0.29, 0.717) is 36.2 Å². The van der Waals surface area contributed by atoms with Gasteiger partial charge in [-0.2, -0.15) is 0 Å². The lowest BCUT2D eigenvalue weighted by Crippen LogP contribution is -2.44. The lowest BCUT2D eigenvalue weighted by atomic mass is 9.96. The van der Waals surface area contributed by atoms with Crippen molar-refractivity contribution >= 4 is 11.8 Å². The van der Waals surface area contributed by atoms with Gasteiger partial charge in [0.1, 0.15) is 5.82 Å². The Kier molecular flexibility index (Phi) is 4.55. The summed E-state index contributed by atoms with van der Waals surface area (Å²) in [5.41, 5.74) is 6.84. The van der Waals surface area contributed by atoms with Crippen molar-refractivity contribution in [3.05, 3.63) is 54.1 Å². The van der Waals surface area contributed by atoms with E-state index in [1.165, 1.54) is 6.20 Å². The standard InChI is InChI=1S/C18H18FN3O2/c19-16-10-21-7-6-15(16)12-3-1-4-13(9-12)18(24)22-8-2-5-14(11-22)17(20)23/h1,3-4,6-7,9-10,14H,2,5,8,11H2,(H2,20,23). The number of nitrogens with two attached hydrogens (primary N) is 1. The van der Waals surface area contributed by atoms with Crippen LogP contribution in [0.5, 0.6) is 0 Å². The second-order valence-electron chi connectivity index (χ2n) is 5.93. The number of pyridine rings is 1. The van der Waals surface area contributed by atoms with E-state index in [-0.39, 0.29) is 17.7 Å². The highest BCUT2D eigenvalue weighted by Crippen LogP contribution is 2.24. The number of hydrogen-bond acceptors (Lipinski definition) is 3. The van der Waals surface area contributed by atoms with Crippen LogP contribution in [0, 0.1) is 11.7 Å². The lowest BCUT2D eigenvalue weighted by molar-refractivity contribution is -0.123. The van der Waals surface area contributed by atoms with Crippen LogP contribution in [0.1, 0.15) is 23.2 Å². The first kappa shape index (κ1) is 16.1. The number of benzene rings is 1. The Morgan fingerprint density at radius 3 is 2.88 bits per heavy atom. The highest BCUT2D eigenvalue weighted by atomic mass is 19.1. The monoisotopic (exact) mass is 327 g/mol. The molecule has 1 atom stereocenters. The van der Waals surface area contributed by atoms with Crippen molar-refractivity contribution in [2.75, 3.05) is 13.1 Å². The van der Waals surface area contributed by atoms with Gasteiger partial charge < -0.3 is 10.6 Å². The van der Waals surface area contributed by atoms with Crippen LogP contribution in [0.2, 0.25) is 0 Å². The average Bonchev–Trinajstić information content (AvgIpc) is 2.61. The minimum Gasteiger partial charge on any atom is -0.369 e. The highest BCUT2D eigenvalue weighted by molar-refractivity contribution is 5.96. The maximum absolute atomic E-state index is 13.9. The van der Waals surface area contributed by atoms with E-state index in [4.69, 9.17) is 5.73 Å². The molecule has 1 fully saturated rings. The van der Waals surface area contributed by atoms with Gasteiger partial charge in [-0.15, -0.1) is 0 Å². The van der Waals surface area contributed by atoms with E-state index >= 15 is 0 Å². The van der Waals surface area contributed by atoms with E-state index in [9.17, 15) is 14.0 Å². The first-order chi connectivity index (χ1) is 11.6. The highest BCUT2D eigenvalue weighted by Gasteiger charge is 2.27. The number of primary amides is 1. The second-order valence-corrected chi connectivity index (χ2v) is 5.93. The van der Waals surface area contributed by atoms with Crippen LogP contribution in [0.25, 0.3) is 11.1 Å². The molecular weight excluding hydrogens is 309 g/mol. The minimum absolute atomic E-state index is 0.169. The Bertz CT molecular complexity index is 778. The topological polar surface area (TPSA) is 76.3 Å². The number of halogens is 1. The Balaban J connectivity index is 1.85. The Morgan fingerprint density at radius 2 is 2.12 bits per heavy atom. The van der Waals surface area contributed by atoms with Crippen molar-refractivity contribution in [1.29, 1.82) is 0 Å². The molecule has 0 saturated carbocycles. The summed E-state index contributed by atoms with van der Waals surface area (Å²) in [6, 6.07) is 8.39. The number of piperidine rings is 1.